The number of carbonyl (C=O) groups is 7. The number of hydrogen-bond donors (Lipinski definition) is 4. The molecule has 0 bridgehead atoms. The number of aliphatic hydroxyl groups is 4. The highest BCUT2D eigenvalue weighted by Gasteiger charge is 2.66. The lowest BCUT2D eigenvalue weighted by molar-refractivity contribution is -0.167. The first kappa shape index (κ1) is 64.7. The van der Waals surface area contributed by atoms with Crippen molar-refractivity contribution in [3.63, 3.8) is 0 Å². The zero-order valence-corrected chi connectivity index (χ0v) is 55.9. The Kier molecular flexibility index (Phi) is 16.4. The van der Waals surface area contributed by atoms with Crippen molar-refractivity contribution in [1.82, 2.24) is 0 Å². The van der Waals surface area contributed by atoms with Gasteiger partial charge in [0.25, 0.3) is 0 Å². The van der Waals surface area contributed by atoms with Crippen LogP contribution in [0.2, 0.25) is 0 Å². The number of aliphatic hydroxyl groups excluding tert-OH is 4. The highest BCUT2D eigenvalue weighted by atomic mass is 16.5. The largest absolute Gasteiger partial charge is 0.462 e. The van der Waals surface area contributed by atoms with E-state index in [0.717, 1.165) is 122 Å². The van der Waals surface area contributed by atoms with Crippen molar-refractivity contribution in [2.45, 2.75) is 266 Å². The topological polar surface area (TPSA) is 210 Å². The Bertz CT molecular complexity index is 3160. The SMILES string of the molecule is CC(=O)O[C@@H]1CC2=CC(=O)CC[C@]2(C)[C@H]2CC[C@]3(C)[C@@H](O)CC[C@H]3[C@H]12.C[C@]12CCC(=O)C=C1C=C[C@@H]1[C@@H]2CC[C@]2(C)C(=O)CC[C@@H]12.C[C@]12CCC(=O)C=C1C[C@@H](O)[C@@H]1[C@@H]2CC[C@]2(C)C(=O)CC[C@@H]12.C[C@]12CC[C@H]3[C@@H](CCC4=CC(=O)CC[C@@]43C)[C@@H]1[C@H](O)C[C@@H]2O. The number of ether oxygens (including phenoxy) is 1. The number of carbonyl (C=O) groups excluding carboxylic acids is 7. The lowest BCUT2D eigenvalue weighted by Gasteiger charge is -2.59. The summed E-state index contributed by atoms with van der Waals surface area (Å²) in [6, 6.07) is 0. The van der Waals surface area contributed by atoms with Gasteiger partial charge in [0.1, 0.15) is 17.7 Å². The second-order valence-electron chi connectivity index (χ2n) is 34.7. The van der Waals surface area contributed by atoms with Crippen LogP contribution >= 0.6 is 0 Å². The van der Waals surface area contributed by atoms with Gasteiger partial charge >= 0.3 is 5.97 Å². The van der Waals surface area contributed by atoms with E-state index in [-0.39, 0.29) is 109 Å². The summed E-state index contributed by atoms with van der Waals surface area (Å²) < 4.78 is 5.81. The van der Waals surface area contributed by atoms with Gasteiger partial charge in [0.15, 0.2) is 23.1 Å². The van der Waals surface area contributed by atoms with E-state index in [2.05, 4.69) is 67.5 Å². The van der Waals surface area contributed by atoms with E-state index in [1.165, 1.54) is 29.2 Å². The van der Waals surface area contributed by atoms with Crippen molar-refractivity contribution in [2.75, 3.05) is 0 Å². The number of rotatable bonds is 1. The second kappa shape index (κ2) is 22.9. The minimum absolute atomic E-state index is 0.0457. The molecule has 25 atom stereocenters. The van der Waals surface area contributed by atoms with Gasteiger partial charge in [-0.1, -0.05) is 84.3 Å². The van der Waals surface area contributed by atoms with Gasteiger partial charge in [-0.25, -0.2) is 0 Å². The third kappa shape index (κ3) is 9.97. The quantitative estimate of drug-likeness (QED) is 0.181. The molecule has 16 rings (SSSR count). The molecule has 11 saturated carbocycles. The second-order valence-corrected chi connectivity index (χ2v) is 34.7. The molecule has 0 saturated heterocycles. The summed E-state index contributed by atoms with van der Waals surface area (Å²) in [5.74, 6) is 6.79. The van der Waals surface area contributed by atoms with Crippen LogP contribution in [0.3, 0.4) is 0 Å². The van der Waals surface area contributed by atoms with Crippen LogP contribution in [-0.2, 0) is 38.3 Å². The van der Waals surface area contributed by atoms with E-state index < -0.39 is 0 Å². The molecule has 0 aromatic carbocycles. The van der Waals surface area contributed by atoms with Crippen molar-refractivity contribution < 1.29 is 58.7 Å². The monoisotopic (exact) mass is 1240 g/mol. The molecule has 16 aliphatic carbocycles. The van der Waals surface area contributed by atoms with Crippen molar-refractivity contribution in [3.05, 3.63) is 58.7 Å². The van der Waals surface area contributed by atoms with Gasteiger partial charge in [-0.3, -0.25) is 33.6 Å². The fourth-order valence-electron chi connectivity index (χ4n) is 25.5. The summed E-state index contributed by atoms with van der Waals surface area (Å²) in [5, 5.41) is 42.5. The summed E-state index contributed by atoms with van der Waals surface area (Å²) >= 11 is 0. The van der Waals surface area contributed by atoms with E-state index >= 15 is 0 Å². The van der Waals surface area contributed by atoms with Crippen LogP contribution in [0.5, 0.6) is 0 Å². The Morgan fingerprint density at radius 3 is 1.56 bits per heavy atom. The van der Waals surface area contributed by atoms with Gasteiger partial charge in [-0.2, -0.15) is 0 Å². The summed E-state index contributed by atoms with van der Waals surface area (Å²) in [7, 11) is 0. The molecule has 12 nitrogen and oxygen atoms in total. The molecule has 0 radical (unpaired) electrons. The van der Waals surface area contributed by atoms with Crippen molar-refractivity contribution in [2.24, 2.45) is 114 Å². The minimum atomic E-state index is -0.384. The zero-order valence-electron chi connectivity index (χ0n) is 55.9. The number of fused-ring (bicyclic) bond motifs is 20. The third-order valence-electron chi connectivity index (χ3n) is 31.0. The Hall–Kier alpha value is -3.97. The van der Waals surface area contributed by atoms with Gasteiger partial charge in [-0.15, -0.1) is 0 Å². The van der Waals surface area contributed by atoms with Gasteiger partial charge < -0.3 is 25.2 Å². The first-order valence-corrected chi connectivity index (χ1v) is 36.0. The highest BCUT2D eigenvalue weighted by molar-refractivity contribution is 5.94. The van der Waals surface area contributed by atoms with Crippen LogP contribution in [0.25, 0.3) is 0 Å². The molecule has 0 aromatic heterocycles. The average Bonchev–Trinajstić information content (AvgIpc) is 1.30. The molecule has 11 fully saturated rings. The molecular formula is C78H108O12. The maximum absolute atomic E-state index is 12.4. The maximum atomic E-state index is 12.4. The van der Waals surface area contributed by atoms with Crippen LogP contribution in [-0.4, -0.2) is 91.6 Å². The fourth-order valence-corrected chi connectivity index (χ4v) is 25.5. The molecule has 12 heteroatoms. The number of esters is 1. The van der Waals surface area contributed by atoms with Crippen molar-refractivity contribution in [3.8, 4) is 0 Å². The lowest BCUT2D eigenvalue weighted by atomic mass is 9.46. The number of Topliss-reactive ketones (excluding diaryl/α,β-unsaturated/α-hetero) is 2. The van der Waals surface area contributed by atoms with Gasteiger partial charge in [0, 0.05) is 75.0 Å². The minimum Gasteiger partial charge on any atom is -0.462 e. The van der Waals surface area contributed by atoms with Gasteiger partial charge in [-0.05, 0) is 249 Å². The van der Waals surface area contributed by atoms with Gasteiger partial charge in [0.05, 0.1) is 24.4 Å². The first-order valence-electron chi connectivity index (χ1n) is 36.0. The number of ketones is 6. The first-order chi connectivity index (χ1) is 42.4. The Morgan fingerprint density at radius 2 is 0.922 bits per heavy atom. The molecule has 4 N–H and O–H groups in total. The normalized spacial score (nSPS) is 50.6. The van der Waals surface area contributed by atoms with Gasteiger partial charge in [0.2, 0.25) is 0 Å². The Balaban J connectivity index is 0.000000110. The van der Waals surface area contributed by atoms with Crippen LogP contribution < -0.4 is 0 Å². The third-order valence-corrected chi connectivity index (χ3v) is 31.0. The van der Waals surface area contributed by atoms with E-state index in [4.69, 9.17) is 4.74 Å². The molecule has 0 amide bonds. The van der Waals surface area contributed by atoms with Crippen LogP contribution in [0.4, 0.5) is 0 Å². The summed E-state index contributed by atoms with van der Waals surface area (Å²) in [6.07, 6.45) is 34.6. The summed E-state index contributed by atoms with van der Waals surface area (Å²) in [5.41, 5.74) is 4.93. The zero-order chi connectivity index (χ0) is 64.2. The Morgan fingerprint density at radius 1 is 0.433 bits per heavy atom. The number of allylic oxidation sites excluding steroid dienone is 5. The maximum Gasteiger partial charge on any atom is 0.302 e. The molecule has 492 valence electrons. The summed E-state index contributed by atoms with van der Waals surface area (Å²) in [6.45, 7) is 19.6. The summed E-state index contributed by atoms with van der Waals surface area (Å²) in [4.78, 5) is 83.8. The number of hydrogen-bond acceptors (Lipinski definition) is 12. The Labute approximate surface area is 536 Å². The molecular weight excluding hydrogens is 1130 g/mol. The average molecular weight is 1240 g/mol. The molecule has 16 aliphatic rings. The molecule has 0 aromatic rings. The van der Waals surface area contributed by atoms with E-state index in [9.17, 15) is 54.0 Å². The molecule has 0 heterocycles. The predicted molar refractivity (Wildman–Crippen MR) is 342 cm³/mol. The standard InChI is InChI=1S/C21H30O4.C19H26O3.C19H28O3.C19H24O2/c1-12(22)25-17-11-13-10-14(23)6-8-20(13,2)16-7-9-21(3)15(19(16)17)4-5-18(21)24;1-18-7-5-12(20)9-11(18)10-15(21)17-13-3-4-16(22)19(13,2)8-6-14(17)18;1-18-7-5-12(20)9-11(18)3-4-13-14(18)6-8-19(2)16(22)10-15(21)17(13)19;1-18-9-7-13(20)11-12(18)3-4-14-15-5-6-17(21)19(15,2)10-8-16(14)18/h10,15-19,24H,4-9,11H2,1-3H3;9,13-15,17,21H,3-8,10H2,1-2H3;9,13-17,21-22H,3-8,10H2,1-2H3;3-4,11,14-16H,5-10H2,1-2H3/t15-,16-,17+,18-,19-,20-,21-;13-,14-,15+,17-,18-,19-;13-,14+,15-,16+,17-,18+,19-;14-,15-,16-,18-,19-/m0010/s1. The van der Waals surface area contributed by atoms with Crippen molar-refractivity contribution in [1.29, 1.82) is 0 Å². The molecule has 0 unspecified atom stereocenters. The van der Waals surface area contributed by atoms with Crippen LogP contribution in [0.15, 0.2) is 58.7 Å². The molecule has 0 aliphatic heterocycles. The smallest absolute Gasteiger partial charge is 0.302 e. The van der Waals surface area contributed by atoms with Crippen LogP contribution in [0.1, 0.15) is 236 Å². The lowest BCUT2D eigenvalue weighted by Crippen LogP contribution is -2.56. The van der Waals surface area contributed by atoms with Crippen LogP contribution in [0, 0.1) is 114 Å². The fraction of sp³-hybridized carbons (Fsp3) is 0.782. The van der Waals surface area contributed by atoms with E-state index in [1.807, 2.05) is 24.3 Å². The highest BCUT2D eigenvalue weighted by Crippen LogP contribution is 2.69. The van der Waals surface area contributed by atoms with Crippen molar-refractivity contribution >= 4 is 40.7 Å². The molecule has 90 heavy (non-hydrogen) atoms. The predicted octanol–water partition coefficient (Wildman–Crippen LogP) is 13.2. The van der Waals surface area contributed by atoms with E-state index in [1.54, 1.807) is 0 Å². The van der Waals surface area contributed by atoms with E-state index in [0.29, 0.717) is 128 Å². The molecule has 0 spiro atoms.